The van der Waals surface area contributed by atoms with E-state index in [0.29, 0.717) is 18.4 Å². The van der Waals surface area contributed by atoms with Gasteiger partial charge in [0.15, 0.2) is 0 Å². The molecular weight excluding hydrogens is 228 g/mol. The van der Waals surface area contributed by atoms with Gasteiger partial charge in [-0.1, -0.05) is 20.8 Å². The summed E-state index contributed by atoms with van der Waals surface area (Å²) in [5, 5.41) is 9.80. The van der Waals surface area contributed by atoms with Crippen molar-refractivity contribution >= 4 is 5.97 Å². The first-order valence-electron chi connectivity index (χ1n) is 7.02. The number of aliphatic hydroxyl groups excluding tert-OH is 1. The lowest BCUT2D eigenvalue weighted by Crippen LogP contribution is -2.42. The van der Waals surface area contributed by atoms with Gasteiger partial charge in [0.2, 0.25) is 0 Å². The van der Waals surface area contributed by atoms with Crippen molar-refractivity contribution < 1.29 is 14.6 Å². The molecule has 0 unspecified atom stereocenters. The molecule has 0 saturated heterocycles. The van der Waals surface area contributed by atoms with Crippen molar-refractivity contribution in [2.24, 2.45) is 29.1 Å². The lowest BCUT2D eigenvalue weighted by Gasteiger charge is -2.45. The Balaban J connectivity index is 2.09. The van der Waals surface area contributed by atoms with E-state index in [1.165, 1.54) is 5.57 Å². The lowest BCUT2D eigenvalue weighted by molar-refractivity contribution is -0.138. The van der Waals surface area contributed by atoms with Gasteiger partial charge in [-0.15, -0.1) is 0 Å². The zero-order valence-electron chi connectivity index (χ0n) is 11.4. The number of carbonyl (C=O) groups excluding carboxylic acids is 1. The van der Waals surface area contributed by atoms with E-state index in [1.54, 1.807) is 0 Å². The first kappa shape index (κ1) is 12.2. The molecule has 1 N–H and O–H groups in total. The van der Waals surface area contributed by atoms with Crippen LogP contribution >= 0.6 is 0 Å². The highest BCUT2D eigenvalue weighted by molar-refractivity contribution is 5.94. The summed E-state index contributed by atoms with van der Waals surface area (Å²) in [7, 11) is 0. The van der Waals surface area contributed by atoms with Crippen LogP contribution in [0.3, 0.4) is 0 Å². The topological polar surface area (TPSA) is 46.5 Å². The lowest BCUT2D eigenvalue weighted by atomic mass is 9.59. The van der Waals surface area contributed by atoms with Crippen LogP contribution in [0.2, 0.25) is 0 Å². The van der Waals surface area contributed by atoms with Gasteiger partial charge in [-0.3, -0.25) is 0 Å². The van der Waals surface area contributed by atoms with E-state index < -0.39 is 0 Å². The summed E-state index contributed by atoms with van der Waals surface area (Å²) in [6.07, 6.45) is 2.24. The van der Waals surface area contributed by atoms with Gasteiger partial charge in [0.05, 0.1) is 0 Å². The summed E-state index contributed by atoms with van der Waals surface area (Å²) in [6, 6.07) is 0. The number of hydrogen-bond donors (Lipinski definition) is 1. The summed E-state index contributed by atoms with van der Waals surface area (Å²) >= 11 is 0. The maximum absolute atomic E-state index is 12.0. The van der Waals surface area contributed by atoms with E-state index >= 15 is 0 Å². The first-order chi connectivity index (χ1) is 8.50. The van der Waals surface area contributed by atoms with Crippen LogP contribution in [0.1, 0.15) is 33.6 Å². The normalized spacial score (nSPS) is 42.5. The third kappa shape index (κ3) is 1.31. The van der Waals surface area contributed by atoms with Crippen molar-refractivity contribution in [3.63, 3.8) is 0 Å². The zero-order valence-corrected chi connectivity index (χ0v) is 11.4. The van der Waals surface area contributed by atoms with Gasteiger partial charge < -0.3 is 9.84 Å². The van der Waals surface area contributed by atoms with E-state index in [9.17, 15) is 9.90 Å². The molecule has 0 amide bonds. The largest absolute Gasteiger partial charge is 0.458 e. The number of rotatable bonds is 2. The number of ether oxygens (including phenoxy) is 1. The molecule has 2 aliphatic carbocycles. The highest BCUT2D eigenvalue weighted by atomic mass is 16.5. The Labute approximate surface area is 108 Å². The molecule has 0 aromatic carbocycles. The van der Waals surface area contributed by atoms with E-state index in [4.69, 9.17) is 4.74 Å². The standard InChI is InChI=1S/C15H22O3/c1-8(2)9-4-5-15(3)10(6-16)12(9)13-11(15)7-18-14(13)17/h8-10,12,16H,4-7H2,1-3H3/t9-,10-,12+,15-/m1/s1. The van der Waals surface area contributed by atoms with Crippen LogP contribution in [-0.2, 0) is 9.53 Å². The molecule has 1 saturated carbocycles. The molecular formula is C15H22O3. The molecule has 1 aliphatic heterocycles. The SMILES string of the molecule is CC(C)[C@H]1CC[C@@]2(C)C3=C(C(=O)OC3)[C@@H]1[C@H]2CO. The van der Waals surface area contributed by atoms with Gasteiger partial charge in [0, 0.05) is 18.1 Å². The fourth-order valence-electron chi connectivity index (χ4n) is 4.61. The summed E-state index contributed by atoms with van der Waals surface area (Å²) in [5.74, 6) is 1.38. The Morgan fingerprint density at radius 2 is 2.22 bits per heavy atom. The van der Waals surface area contributed by atoms with Crippen molar-refractivity contribution in [1.82, 2.24) is 0 Å². The molecule has 3 aliphatic rings. The van der Waals surface area contributed by atoms with Crippen molar-refractivity contribution in [3.8, 4) is 0 Å². The van der Waals surface area contributed by atoms with Crippen LogP contribution in [-0.4, -0.2) is 24.3 Å². The number of cyclic esters (lactones) is 1. The van der Waals surface area contributed by atoms with E-state index in [-0.39, 0.29) is 29.8 Å². The number of aliphatic hydroxyl groups is 1. The predicted octanol–water partition coefficient (Wildman–Crippen LogP) is 2.15. The second-order valence-electron chi connectivity index (χ2n) is 6.65. The average molecular weight is 250 g/mol. The molecule has 0 aromatic rings. The molecule has 1 heterocycles. The Bertz CT molecular complexity index is 423. The highest BCUT2D eigenvalue weighted by Crippen LogP contribution is 2.62. The minimum absolute atomic E-state index is 0.00764. The Morgan fingerprint density at radius 3 is 2.83 bits per heavy atom. The van der Waals surface area contributed by atoms with Crippen LogP contribution in [0.5, 0.6) is 0 Å². The van der Waals surface area contributed by atoms with Gasteiger partial charge in [0.25, 0.3) is 0 Å². The Hall–Kier alpha value is -0.830. The van der Waals surface area contributed by atoms with E-state index in [1.807, 2.05) is 0 Å². The minimum atomic E-state index is -0.121. The zero-order chi connectivity index (χ0) is 13.1. The maximum atomic E-state index is 12.0. The molecule has 3 rings (SSSR count). The van der Waals surface area contributed by atoms with Crippen LogP contribution < -0.4 is 0 Å². The van der Waals surface area contributed by atoms with Gasteiger partial charge >= 0.3 is 5.97 Å². The smallest absolute Gasteiger partial charge is 0.334 e. The molecule has 4 atom stereocenters. The summed E-state index contributed by atoms with van der Waals surface area (Å²) in [5.41, 5.74) is 2.11. The molecule has 0 aromatic heterocycles. The third-order valence-corrected chi connectivity index (χ3v) is 5.68. The number of esters is 1. The molecule has 0 spiro atoms. The van der Waals surface area contributed by atoms with E-state index in [2.05, 4.69) is 20.8 Å². The quantitative estimate of drug-likeness (QED) is 0.764. The summed E-state index contributed by atoms with van der Waals surface area (Å²) in [6.45, 7) is 7.30. The average Bonchev–Trinajstić information content (AvgIpc) is 2.76. The van der Waals surface area contributed by atoms with Crippen molar-refractivity contribution in [2.75, 3.05) is 13.2 Å². The molecule has 0 radical (unpaired) electrons. The van der Waals surface area contributed by atoms with Crippen LogP contribution in [0.4, 0.5) is 0 Å². The van der Waals surface area contributed by atoms with Crippen LogP contribution in [0, 0.1) is 29.1 Å². The van der Waals surface area contributed by atoms with E-state index in [0.717, 1.165) is 18.4 Å². The molecule has 1 fully saturated rings. The summed E-state index contributed by atoms with van der Waals surface area (Å²) < 4.78 is 5.25. The van der Waals surface area contributed by atoms with Gasteiger partial charge in [-0.25, -0.2) is 4.79 Å². The van der Waals surface area contributed by atoms with Gasteiger partial charge in [0.1, 0.15) is 6.61 Å². The third-order valence-electron chi connectivity index (χ3n) is 5.68. The number of hydrogen-bond acceptors (Lipinski definition) is 3. The van der Waals surface area contributed by atoms with Crippen molar-refractivity contribution in [2.45, 2.75) is 33.6 Å². The van der Waals surface area contributed by atoms with Gasteiger partial charge in [-0.2, -0.15) is 0 Å². The fraction of sp³-hybridized carbons (Fsp3) is 0.800. The Morgan fingerprint density at radius 1 is 1.50 bits per heavy atom. The summed E-state index contributed by atoms with van der Waals surface area (Å²) in [4.78, 5) is 12.0. The maximum Gasteiger partial charge on any atom is 0.334 e. The highest BCUT2D eigenvalue weighted by Gasteiger charge is 2.59. The number of fused-ring (bicyclic) bond motifs is 4. The molecule has 18 heavy (non-hydrogen) atoms. The first-order valence-corrected chi connectivity index (χ1v) is 7.02. The molecule has 3 nitrogen and oxygen atoms in total. The fourth-order valence-corrected chi connectivity index (χ4v) is 4.61. The monoisotopic (exact) mass is 250 g/mol. The van der Waals surface area contributed by atoms with Crippen molar-refractivity contribution in [1.29, 1.82) is 0 Å². The Kier molecular flexibility index (Phi) is 2.60. The van der Waals surface area contributed by atoms with Crippen LogP contribution in [0.15, 0.2) is 11.1 Å². The van der Waals surface area contributed by atoms with Gasteiger partial charge in [-0.05, 0) is 41.6 Å². The van der Waals surface area contributed by atoms with Crippen molar-refractivity contribution in [3.05, 3.63) is 11.1 Å². The van der Waals surface area contributed by atoms with Crippen LogP contribution in [0.25, 0.3) is 0 Å². The molecule has 3 heteroatoms. The second kappa shape index (κ2) is 3.83. The number of carbonyl (C=O) groups is 1. The predicted molar refractivity (Wildman–Crippen MR) is 67.7 cm³/mol. The molecule has 100 valence electrons. The second-order valence-corrected chi connectivity index (χ2v) is 6.65. The molecule has 2 bridgehead atoms. The minimum Gasteiger partial charge on any atom is -0.458 e.